The van der Waals surface area contributed by atoms with Crippen LogP contribution in [0, 0.1) is 0 Å². The quantitative estimate of drug-likeness (QED) is 0.444. The van der Waals surface area contributed by atoms with E-state index in [-0.39, 0.29) is 6.04 Å². The van der Waals surface area contributed by atoms with Gasteiger partial charge in [0.2, 0.25) is 0 Å². The van der Waals surface area contributed by atoms with E-state index in [4.69, 9.17) is 0 Å². The fourth-order valence-electron chi connectivity index (χ4n) is 2.90. The Labute approximate surface area is 148 Å². The number of alkyl halides is 3. The summed E-state index contributed by atoms with van der Waals surface area (Å²) in [7, 11) is -0.672. The SMILES string of the molecule is CN1C=CC(c2cnn(C)c2)=C2C1C=CC(OS(=O)(=O)C(F)(F)F)N2C. The molecule has 0 saturated heterocycles. The maximum Gasteiger partial charge on any atom is 0.523 e. The third-order valence-electron chi connectivity index (χ3n) is 4.22. The second-order valence-electron chi connectivity index (χ2n) is 6.01. The number of allylic oxidation sites excluding steroid dienone is 2. The smallest absolute Gasteiger partial charge is 0.368 e. The van der Waals surface area contributed by atoms with Gasteiger partial charge in [-0.2, -0.15) is 26.7 Å². The van der Waals surface area contributed by atoms with Crippen molar-refractivity contribution < 1.29 is 25.8 Å². The number of rotatable bonds is 3. The average Bonchev–Trinajstić information content (AvgIpc) is 2.95. The van der Waals surface area contributed by atoms with E-state index in [1.54, 1.807) is 36.3 Å². The zero-order chi connectivity index (χ0) is 19.3. The molecule has 2 atom stereocenters. The largest absolute Gasteiger partial charge is 0.523 e. The molecule has 26 heavy (non-hydrogen) atoms. The molecule has 0 radical (unpaired) electrons. The molecular weight excluding hydrogens is 373 g/mol. The maximum absolute atomic E-state index is 12.7. The second-order valence-corrected chi connectivity index (χ2v) is 7.57. The van der Waals surface area contributed by atoms with E-state index in [0.717, 1.165) is 11.1 Å². The van der Waals surface area contributed by atoms with Crippen molar-refractivity contribution in [3.8, 4) is 0 Å². The molecule has 0 N–H and O–H groups in total. The Bertz CT molecular complexity index is 901. The third kappa shape index (κ3) is 3.12. The summed E-state index contributed by atoms with van der Waals surface area (Å²) in [6.07, 6.45) is 8.54. The molecule has 11 heteroatoms. The molecule has 2 aliphatic rings. The van der Waals surface area contributed by atoms with Crippen LogP contribution >= 0.6 is 0 Å². The summed E-state index contributed by atoms with van der Waals surface area (Å²) in [6, 6.07) is -0.270. The van der Waals surface area contributed by atoms with Crippen LogP contribution in [0.15, 0.2) is 42.5 Å². The van der Waals surface area contributed by atoms with Crippen molar-refractivity contribution in [1.29, 1.82) is 0 Å². The number of aromatic nitrogens is 2. The molecule has 1 aromatic rings. The van der Waals surface area contributed by atoms with Crippen LogP contribution in [-0.4, -0.2) is 59.9 Å². The molecule has 0 amide bonds. The van der Waals surface area contributed by atoms with Gasteiger partial charge in [-0.05, 0) is 12.2 Å². The number of halogens is 3. The molecule has 2 unspecified atom stereocenters. The number of likely N-dealkylation sites (N-methyl/N-ethyl adjacent to an activating group) is 2. The molecule has 0 spiro atoms. The Morgan fingerprint density at radius 1 is 1.19 bits per heavy atom. The Morgan fingerprint density at radius 3 is 2.46 bits per heavy atom. The molecule has 0 aromatic carbocycles. The highest BCUT2D eigenvalue weighted by Gasteiger charge is 2.49. The number of hydrogen-bond acceptors (Lipinski definition) is 6. The minimum absolute atomic E-state index is 0.270. The van der Waals surface area contributed by atoms with Crippen LogP contribution in [0.5, 0.6) is 0 Å². The minimum Gasteiger partial charge on any atom is -0.368 e. The molecular formula is C15H17F3N4O3S. The summed E-state index contributed by atoms with van der Waals surface area (Å²) >= 11 is 0. The standard InChI is InChI=1S/C15H17F3N4O3S/c1-20-7-6-11(10-8-19-21(2)9-10)14-12(20)4-5-13(22(14)3)25-26(23,24)15(16,17)18/h4-9,12-13H,1-3H3. The van der Waals surface area contributed by atoms with E-state index in [1.165, 1.54) is 18.0 Å². The first kappa shape index (κ1) is 18.5. The van der Waals surface area contributed by atoms with Gasteiger partial charge in [0.1, 0.15) is 0 Å². The Kier molecular flexibility index (Phi) is 4.39. The zero-order valence-corrected chi connectivity index (χ0v) is 15.0. The molecule has 0 bridgehead atoms. The Balaban J connectivity index is 2.03. The molecule has 0 aliphatic carbocycles. The van der Waals surface area contributed by atoms with E-state index >= 15 is 0 Å². The van der Waals surface area contributed by atoms with Gasteiger partial charge in [0, 0.05) is 44.7 Å². The van der Waals surface area contributed by atoms with E-state index < -0.39 is 21.9 Å². The van der Waals surface area contributed by atoms with Crippen molar-refractivity contribution in [3.05, 3.63) is 48.1 Å². The Morgan fingerprint density at radius 2 is 1.88 bits per heavy atom. The van der Waals surface area contributed by atoms with E-state index in [0.29, 0.717) is 5.70 Å². The molecule has 3 heterocycles. The molecule has 0 saturated carbocycles. The Hall–Kier alpha value is -2.27. The number of hydrogen-bond donors (Lipinski definition) is 0. The van der Waals surface area contributed by atoms with Crippen LogP contribution in [0.3, 0.4) is 0 Å². The van der Waals surface area contributed by atoms with Crippen LogP contribution in [-0.2, 0) is 21.3 Å². The average molecular weight is 390 g/mol. The van der Waals surface area contributed by atoms with Crippen LogP contribution in [0.4, 0.5) is 13.2 Å². The van der Waals surface area contributed by atoms with Crippen LogP contribution in [0.1, 0.15) is 5.56 Å². The predicted molar refractivity (Wildman–Crippen MR) is 87.6 cm³/mol. The van der Waals surface area contributed by atoms with Crippen molar-refractivity contribution >= 4 is 15.7 Å². The van der Waals surface area contributed by atoms with Gasteiger partial charge in [0.25, 0.3) is 0 Å². The summed E-state index contributed by atoms with van der Waals surface area (Å²) in [5.74, 6) is 0. The van der Waals surface area contributed by atoms with Gasteiger partial charge in [-0.1, -0.05) is 6.08 Å². The van der Waals surface area contributed by atoms with Gasteiger partial charge in [0.15, 0.2) is 6.23 Å². The topological polar surface area (TPSA) is 67.7 Å². The first-order chi connectivity index (χ1) is 12.0. The lowest BCUT2D eigenvalue weighted by Crippen LogP contribution is -2.47. The van der Waals surface area contributed by atoms with Gasteiger partial charge in [-0.15, -0.1) is 0 Å². The van der Waals surface area contributed by atoms with Crippen LogP contribution in [0.2, 0.25) is 0 Å². The molecule has 3 rings (SSSR count). The van der Waals surface area contributed by atoms with Crippen molar-refractivity contribution in [2.24, 2.45) is 7.05 Å². The van der Waals surface area contributed by atoms with Crippen LogP contribution in [0.25, 0.3) is 5.57 Å². The second kappa shape index (κ2) is 6.16. The molecule has 0 fully saturated rings. The summed E-state index contributed by atoms with van der Waals surface area (Å²) in [6.45, 7) is 0. The minimum atomic E-state index is -5.72. The number of fused-ring (bicyclic) bond motifs is 1. The fraction of sp³-hybridized carbons (Fsp3) is 0.400. The van der Waals surface area contributed by atoms with Gasteiger partial charge in [-0.25, -0.2) is 4.18 Å². The van der Waals surface area contributed by atoms with Gasteiger partial charge in [0.05, 0.1) is 17.9 Å². The monoisotopic (exact) mass is 390 g/mol. The highest BCUT2D eigenvalue weighted by atomic mass is 32.2. The van der Waals surface area contributed by atoms with Crippen molar-refractivity contribution in [1.82, 2.24) is 19.6 Å². The molecule has 2 aliphatic heterocycles. The maximum atomic E-state index is 12.7. The third-order valence-corrected chi connectivity index (χ3v) is 5.23. The summed E-state index contributed by atoms with van der Waals surface area (Å²) in [4.78, 5) is 3.24. The number of aryl methyl sites for hydroxylation is 1. The molecule has 142 valence electrons. The summed E-state index contributed by atoms with van der Waals surface area (Å²) in [5, 5.41) is 4.11. The first-order valence-corrected chi connectivity index (χ1v) is 8.96. The van der Waals surface area contributed by atoms with E-state index in [1.807, 2.05) is 18.1 Å². The molecule has 1 aromatic heterocycles. The lowest BCUT2D eigenvalue weighted by molar-refractivity contribution is -0.0608. The number of nitrogens with zero attached hydrogens (tertiary/aromatic N) is 4. The lowest BCUT2D eigenvalue weighted by atomic mass is 9.95. The van der Waals surface area contributed by atoms with Gasteiger partial charge >= 0.3 is 15.6 Å². The van der Waals surface area contributed by atoms with Crippen molar-refractivity contribution in [3.63, 3.8) is 0 Å². The highest BCUT2D eigenvalue weighted by Crippen LogP contribution is 2.36. The van der Waals surface area contributed by atoms with Crippen molar-refractivity contribution in [2.75, 3.05) is 14.1 Å². The fourth-order valence-corrected chi connectivity index (χ4v) is 3.46. The zero-order valence-electron chi connectivity index (χ0n) is 14.2. The van der Waals surface area contributed by atoms with Crippen molar-refractivity contribution in [2.45, 2.75) is 17.8 Å². The predicted octanol–water partition coefficient (Wildman–Crippen LogP) is 1.65. The highest BCUT2D eigenvalue weighted by molar-refractivity contribution is 7.87. The van der Waals surface area contributed by atoms with E-state index in [9.17, 15) is 21.6 Å². The van der Waals surface area contributed by atoms with Crippen LogP contribution < -0.4 is 0 Å². The van der Waals surface area contributed by atoms with Gasteiger partial charge < -0.3 is 9.80 Å². The normalized spacial score (nSPS) is 23.6. The lowest BCUT2D eigenvalue weighted by Gasteiger charge is -2.42. The van der Waals surface area contributed by atoms with E-state index in [2.05, 4.69) is 9.28 Å². The first-order valence-electron chi connectivity index (χ1n) is 7.55. The molecule has 7 nitrogen and oxygen atoms in total. The summed E-state index contributed by atoms with van der Waals surface area (Å²) < 4.78 is 66.8. The summed E-state index contributed by atoms with van der Waals surface area (Å²) in [5.41, 5.74) is -3.38. The van der Waals surface area contributed by atoms with Gasteiger partial charge in [-0.3, -0.25) is 4.68 Å².